The van der Waals surface area contributed by atoms with E-state index in [4.69, 9.17) is 0 Å². The van der Waals surface area contributed by atoms with Crippen molar-refractivity contribution in [2.24, 2.45) is 0 Å². The van der Waals surface area contributed by atoms with E-state index in [2.05, 4.69) is 99.6 Å². The highest BCUT2D eigenvalue weighted by Gasteiger charge is 2.31. The first-order valence-electron chi connectivity index (χ1n) is 15.6. The lowest BCUT2D eigenvalue weighted by Crippen LogP contribution is -2.27. The maximum absolute atomic E-state index is 11.2. The fourth-order valence-corrected chi connectivity index (χ4v) is 7.20. The molecule has 0 saturated heterocycles. The van der Waals surface area contributed by atoms with Gasteiger partial charge in [0.1, 0.15) is 5.75 Å². The zero-order valence-corrected chi connectivity index (χ0v) is 26.6. The largest absolute Gasteiger partial charge is 0.508 e. The summed E-state index contributed by atoms with van der Waals surface area (Å²) in [7, 11) is 0. The van der Waals surface area contributed by atoms with Gasteiger partial charge in [-0.1, -0.05) is 106 Å². The van der Waals surface area contributed by atoms with Gasteiger partial charge >= 0.3 is 0 Å². The van der Waals surface area contributed by atoms with Crippen molar-refractivity contribution in [2.45, 2.75) is 131 Å². The Bertz CT molecular complexity index is 1270. The third kappa shape index (κ3) is 6.29. The molecular formula is C38H54O. The molecule has 0 bridgehead atoms. The molecule has 1 nitrogen and oxygen atoms in total. The first-order chi connectivity index (χ1) is 18.5. The molecule has 3 aromatic carbocycles. The van der Waals surface area contributed by atoms with Crippen LogP contribution in [-0.2, 0) is 62.2 Å². The fraction of sp³-hybridized carbons (Fsp3) is 0.526. The van der Waals surface area contributed by atoms with Crippen molar-refractivity contribution in [1.29, 1.82) is 0 Å². The minimum atomic E-state index is -0.0913. The van der Waals surface area contributed by atoms with Crippen LogP contribution in [0.4, 0.5) is 0 Å². The van der Waals surface area contributed by atoms with Gasteiger partial charge in [-0.15, -0.1) is 0 Å². The van der Waals surface area contributed by atoms with Gasteiger partial charge in [-0.05, 0) is 124 Å². The summed E-state index contributed by atoms with van der Waals surface area (Å²) < 4.78 is 0. The molecule has 1 heteroatoms. The minimum Gasteiger partial charge on any atom is -0.508 e. The maximum Gasteiger partial charge on any atom is 0.119 e. The summed E-state index contributed by atoms with van der Waals surface area (Å²) in [4.78, 5) is 0. The summed E-state index contributed by atoms with van der Waals surface area (Å²) in [5.74, 6) is 0.432. The third-order valence-electron chi connectivity index (χ3n) is 9.19. The van der Waals surface area contributed by atoms with Gasteiger partial charge in [0.15, 0.2) is 0 Å². The number of benzene rings is 3. The number of phenolic OH excluding ortho intramolecular Hbond substituents is 1. The topological polar surface area (TPSA) is 20.2 Å². The second-order valence-electron chi connectivity index (χ2n) is 12.6. The summed E-state index contributed by atoms with van der Waals surface area (Å²) in [5.41, 5.74) is 14.2. The molecule has 3 aromatic rings. The van der Waals surface area contributed by atoms with Crippen LogP contribution in [0.2, 0.25) is 0 Å². The normalized spacial score (nSPS) is 12.3. The summed E-state index contributed by atoms with van der Waals surface area (Å²) >= 11 is 0. The minimum absolute atomic E-state index is 0.0407. The molecule has 0 aliphatic rings. The first kappa shape index (κ1) is 31.0. The highest BCUT2D eigenvalue weighted by atomic mass is 16.3. The van der Waals surface area contributed by atoms with Crippen LogP contribution in [0.1, 0.15) is 125 Å². The predicted octanol–water partition coefficient (Wildman–Crippen LogP) is 9.81. The Morgan fingerprint density at radius 2 is 0.897 bits per heavy atom. The van der Waals surface area contributed by atoms with E-state index in [1.54, 1.807) is 0 Å². The van der Waals surface area contributed by atoms with Crippen molar-refractivity contribution in [3.63, 3.8) is 0 Å². The average Bonchev–Trinajstić information content (AvgIpc) is 2.92. The summed E-state index contributed by atoms with van der Waals surface area (Å²) in [6, 6.07) is 15.6. The van der Waals surface area contributed by atoms with Crippen LogP contribution in [0.3, 0.4) is 0 Å². The van der Waals surface area contributed by atoms with Crippen molar-refractivity contribution >= 4 is 0 Å². The predicted molar refractivity (Wildman–Crippen MR) is 171 cm³/mol. The molecule has 0 atom stereocenters. The number of aromatic hydroxyl groups is 1. The molecule has 0 fully saturated rings. The molecule has 212 valence electrons. The van der Waals surface area contributed by atoms with Crippen molar-refractivity contribution < 1.29 is 5.11 Å². The molecule has 0 saturated carbocycles. The monoisotopic (exact) mass is 526 g/mol. The van der Waals surface area contributed by atoms with Crippen LogP contribution in [0.15, 0.2) is 42.5 Å². The van der Waals surface area contributed by atoms with Crippen LogP contribution < -0.4 is 0 Å². The molecule has 0 heterocycles. The van der Waals surface area contributed by atoms with E-state index in [1.165, 1.54) is 50.1 Å². The molecule has 0 aromatic heterocycles. The number of aryl methyl sites for hydroxylation is 2. The Hall–Kier alpha value is -2.54. The van der Waals surface area contributed by atoms with Crippen LogP contribution in [-0.4, -0.2) is 5.11 Å². The van der Waals surface area contributed by atoms with E-state index in [-0.39, 0.29) is 10.8 Å². The number of rotatable bonds is 12. The van der Waals surface area contributed by atoms with Crippen LogP contribution >= 0.6 is 0 Å². The summed E-state index contributed by atoms with van der Waals surface area (Å²) in [6.45, 7) is 23.2. The van der Waals surface area contributed by atoms with Gasteiger partial charge in [0.25, 0.3) is 0 Å². The molecule has 39 heavy (non-hydrogen) atoms. The van der Waals surface area contributed by atoms with Crippen LogP contribution in [0.25, 0.3) is 0 Å². The van der Waals surface area contributed by atoms with E-state index in [0.29, 0.717) is 5.75 Å². The van der Waals surface area contributed by atoms with Gasteiger partial charge in [0, 0.05) is 0 Å². The maximum atomic E-state index is 11.2. The van der Waals surface area contributed by atoms with Gasteiger partial charge in [0.2, 0.25) is 0 Å². The van der Waals surface area contributed by atoms with Crippen LogP contribution in [0.5, 0.6) is 5.75 Å². The number of phenols is 1. The number of hydrogen-bond donors (Lipinski definition) is 1. The molecule has 0 aliphatic heterocycles. The van der Waals surface area contributed by atoms with E-state index >= 15 is 0 Å². The number of hydrogen-bond acceptors (Lipinski definition) is 1. The molecule has 0 aliphatic carbocycles. The molecule has 0 amide bonds. The lowest BCUT2D eigenvalue weighted by molar-refractivity contribution is 0.442. The smallest absolute Gasteiger partial charge is 0.119 e. The van der Waals surface area contributed by atoms with Crippen molar-refractivity contribution in [3.05, 3.63) is 98.1 Å². The van der Waals surface area contributed by atoms with Crippen molar-refractivity contribution in [1.82, 2.24) is 0 Å². The summed E-state index contributed by atoms with van der Waals surface area (Å²) in [5, 5.41) is 11.2. The Balaban J connectivity index is 2.07. The highest BCUT2D eigenvalue weighted by Crippen LogP contribution is 2.40. The van der Waals surface area contributed by atoms with Crippen molar-refractivity contribution in [2.75, 3.05) is 0 Å². The van der Waals surface area contributed by atoms with E-state index in [9.17, 15) is 5.11 Å². The quantitative estimate of drug-likeness (QED) is 0.249. The summed E-state index contributed by atoms with van der Waals surface area (Å²) in [6.07, 6.45) is 8.15. The lowest BCUT2D eigenvalue weighted by atomic mass is 9.71. The lowest BCUT2D eigenvalue weighted by Gasteiger charge is -2.33. The van der Waals surface area contributed by atoms with Gasteiger partial charge < -0.3 is 5.11 Å². The second kappa shape index (κ2) is 12.8. The van der Waals surface area contributed by atoms with Gasteiger partial charge in [-0.25, -0.2) is 0 Å². The van der Waals surface area contributed by atoms with Gasteiger partial charge in [0.05, 0.1) is 0 Å². The second-order valence-corrected chi connectivity index (χ2v) is 12.6. The van der Waals surface area contributed by atoms with E-state index < -0.39 is 0 Å². The van der Waals surface area contributed by atoms with Crippen LogP contribution in [0, 0.1) is 0 Å². The molecular weight excluding hydrogens is 472 g/mol. The molecule has 3 rings (SSSR count). The molecule has 1 N–H and O–H groups in total. The Kier molecular flexibility index (Phi) is 10.1. The average molecular weight is 527 g/mol. The standard InChI is InChI=1S/C38H54O/c1-11-26-20-22-34(31(15-5)29(26)13-3)37(7,8)24-28-18-17-19-36(39)33(28)25-38(9,10)35-23-21-27(12-2)30(14-4)32(35)16-6/h17-23,39H,11-16,24-25H2,1-10H3. The van der Waals surface area contributed by atoms with Gasteiger partial charge in [-0.2, -0.15) is 0 Å². The van der Waals surface area contributed by atoms with Gasteiger partial charge in [-0.3, -0.25) is 0 Å². The Morgan fingerprint density at radius 1 is 0.462 bits per heavy atom. The SMILES string of the molecule is CCc1ccc(C(C)(C)Cc2cccc(O)c2CC(C)(C)c2ccc(CC)c(CC)c2CC)c(CC)c1CC. The van der Waals surface area contributed by atoms with Crippen molar-refractivity contribution in [3.8, 4) is 5.75 Å². The van der Waals surface area contributed by atoms with E-state index in [1.807, 2.05) is 12.1 Å². The Labute approximate surface area is 240 Å². The molecule has 0 radical (unpaired) electrons. The molecule has 0 spiro atoms. The Morgan fingerprint density at radius 3 is 1.31 bits per heavy atom. The molecule has 0 unspecified atom stereocenters. The third-order valence-corrected chi connectivity index (χ3v) is 9.19. The van der Waals surface area contributed by atoms with E-state index in [0.717, 1.165) is 56.9 Å². The zero-order chi connectivity index (χ0) is 29.0. The first-order valence-corrected chi connectivity index (χ1v) is 15.6. The highest BCUT2D eigenvalue weighted by molar-refractivity contribution is 5.50. The fourth-order valence-electron chi connectivity index (χ4n) is 7.20. The zero-order valence-electron chi connectivity index (χ0n) is 26.6.